The summed E-state index contributed by atoms with van der Waals surface area (Å²) in [6.45, 7) is -0.536. The van der Waals surface area contributed by atoms with Crippen molar-refractivity contribution >= 4 is 29.2 Å². The van der Waals surface area contributed by atoms with Crippen molar-refractivity contribution in [3.8, 4) is 11.3 Å². The molecule has 0 aliphatic rings. The highest BCUT2D eigenvalue weighted by Crippen LogP contribution is 2.21. The van der Waals surface area contributed by atoms with Crippen LogP contribution in [0.1, 0.15) is 12.3 Å². The summed E-state index contributed by atoms with van der Waals surface area (Å²) in [5.74, 6) is -0.909. The van der Waals surface area contributed by atoms with Gasteiger partial charge in [-0.2, -0.15) is 0 Å². The molecule has 0 atom stereocenters. The van der Waals surface area contributed by atoms with E-state index >= 15 is 0 Å². The second kappa shape index (κ2) is 9.14. The third-order valence-electron chi connectivity index (χ3n) is 3.72. The number of hydrogen-bond acceptors (Lipinski definition) is 5. The summed E-state index contributed by atoms with van der Waals surface area (Å²) in [7, 11) is 0. The lowest BCUT2D eigenvalue weighted by Crippen LogP contribution is -2.21. The molecule has 1 aromatic heterocycles. The van der Waals surface area contributed by atoms with Crippen LogP contribution in [0.15, 0.2) is 59.1 Å². The Morgan fingerprint density at radius 2 is 1.96 bits per heavy atom. The fourth-order valence-electron chi connectivity index (χ4n) is 2.37. The number of esters is 1. The lowest BCUT2D eigenvalue weighted by Gasteiger charge is -2.07. The van der Waals surface area contributed by atoms with E-state index in [0.717, 1.165) is 11.6 Å². The summed E-state index contributed by atoms with van der Waals surface area (Å²) >= 11 is 5.75. The van der Waals surface area contributed by atoms with Crippen molar-refractivity contribution in [2.24, 2.45) is 0 Å². The molecule has 1 N–H and O–H groups in total. The topological polar surface area (TPSA) is 81.4 Å². The summed E-state index contributed by atoms with van der Waals surface area (Å²) in [6, 6.07) is 13.2. The zero-order valence-corrected chi connectivity index (χ0v) is 15.4. The van der Waals surface area contributed by atoms with Gasteiger partial charge in [0, 0.05) is 17.0 Å². The molecule has 0 saturated carbocycles. The minimum Gasteiger partial charge on any atom is -0.456 e. The van der Waals surface area contributed by atoms with Gasteiger partial charge in [0.2, 0.25) is 0 Å². The van der Waals surface area contributed by atoms with Crippen LogP contribution in [0.4, 0.5) is 10.1 Å². The molecule has 3 rings (SSSR count). The van der Waals surface area contributed by atoms with E-state index in [0.29, 0.717) is 11.7 Å². The van der Waals surface area contributed by atoms with Crippen molar-refractivity contribution in [1.29, 1.82) is 0 Å². The highest BCUT2D eigenvalue weighted by Gasteiger charge is 2.13. The van der Waals surface area contributed by atoms with Gasteiger partial charge in [0.15, 0.2) is 18.3 Å². The van der Waals surface area contributed by atoms with Crippen LogP contribution in [0.3, 0.4) is 0 Å². The van der Waals surface area contributed by atoms with Crippen molar-refractivity contribution in [3.05, 3.63) is 71.5 Å². The van der Waals surface area contributed by atoms with E-state index in [2.05, 4.69) is 10.3 Å². The van der Waals surface area contributed by atoms with Gasteiger partial charge in [-0.1, -0.05) is 41.9 Å². The second-order valence-electron chi connectivity index (χ2n) is 5.82. The van der Waals surface area contributed by atoms with Crippen molar-refractivity contribution in [2.75, 3.05) is 11.9 Å². The fraction of sp³-hybridized carbons (Fsp3) is 0.150. The first-order chi connectivity index (χ1) is 13.5. The summed E-state index contributed by atoms with van der Waals surface area (Å²) in [6.07, 6.45) is 1.81. The van der Waals surface area contributed by atoms with E-state index in [-0.39, 0.29) is 23.6 Å². The average molecular weight is 403 g/mol. The number of carbonyl (C=O) groups is 2. The summed E-state index contributed by atoms with van der Waals surface area (Å²) in [5, 5.41) is 2.57. The fourth-order valence-corrected chi connectivity index (χ4v) is 2.54. The number of ether oxygens (including phenoxy) is 1. The summed E-state index contributed by atoms with van der Waals surface area (Å²) in [5.41, 5.74) is 0.801. The molecule has 0 radical (unpaired) electrons. The molecule has 1 amide bonds. The van der Waals surface area contributed by atoms with Gasteiger partial charge in [-0.05, 0) is 18.2 Å². The Kier molecular flexibility index (Phi) is 6.39. The summed E-state index contributed by atoms with van der Waals surface area (Å²) in [4.78, 5) is 27.7. The van der Waals surface area contributed by atoms with Gasteiger partial charge in [0.1, 0.15) is 5.82 Å². The largest absolute Gasteiger partial charge is 0.456 e. The Morgan fingerprint density at radius 1 is 1.18 bits per heavy atom. The maximum Gasteiger partial charge on any atom is 0.306 e. The molecule has 0 fully saturated rings. The molecule has 28 heavy (non-hydrogen) atoms. The predicted octanol–water partition coefficient (Wildman–Crippen LogP) is 4.25. The molecule has 1 heterocycles. The normalized spacial score (nSPS) is 10.5. The minimum atomic E-state index is -0.669. The van der Waals surface area contributed by atoms with E-state index < -0.39 is 24.3 Å². The summed E-state index contributed by atoms with van der Waals surface area (Å²) < 4.78 is 24.0. The highest BCUT2D eigenvalue weighted by molar-refractivity contribution is 6.30. The van der Waals surface area contributed by atoms with Crippen LogP contribution < -0.4 is 5.32 Å². The first-order valence-corrected chi connectivity index (χ1v) is 8.80. The van der Waals surface area contributed by atoms with Crippen LogP contribution in [-0.2, 0) is 20.7 Å². The number of anilines is 1. The zero-order valence-electron chi connectivity index (χ0n) is 14.7. The lowest BCUT2D eigenvalue weighted by atomic mass is 10.2. The number of hydrogen-bond donors (Lipinski definition) is 1. The van der Waals surface area contributed by atoms with Crippen molar-refractivity contribution in [2.45, 2.75) is 12.8 Å². The molecule has 0 bridgehead atoms. The Balaban J connectivity index is 1.44. The average Bonchev–Trinajstić information content (AvgIpc) is 3.17. The molecular formula is C20H16ClFN2O4. The highest BCUT2D eigenvalue weighted by atomic mass is 35.5. The smallest absolute Gasteiger partial charge is 0.306 e. The molecule has 0 aliphatic carbocycles. The van der Waals surface area contributed by atoms with Crippen LogP contribution in [0.2, 0.25) is 5.02 Å². The number of amides is 1. The number of aryl methyl sites for hydroxylation is 1. The molecule has 3 aromatic rings. The van der Waals surface area contributed by atoms with Crippen molar-refractivity contribution in [1.82, 2.24) is 4.98 Å². The van der Waals surface area contributed by atoms with Crippen LogP contribution >= 0.6 is 11.6 Å². The zero-order chi connectivity index (χ0) is 19.9. The van der Waals surface area contributed by atoms with E-state index in [9.17, 15) is 14.0 Å². The Labute approximate surface area is 165 Å². The quantitative estimate of drug-likeness (QED) is 0.597. The van der Waals surface area contributed by atoms with Gasteiger partial charge in [-0.25, -0.2) is 9.37 Å². The first-order valence-electron chi connectivity index (χ1n) is 8.42. The molecule has 0 unspecified atom stereocenters. The SMILES string of the molecule is O=C(COC(=O)CCc1ncc(-c2ccccc2)o1)Nc1cc(Cl)ccc1F. The Morgan fingerprint density at radius 3 is 2.75 bits per heavy atom. The number of nitrogens with one attached hydrogen (secondary N) is 1. The number of carbonyl (C=O) groups excluding carboxylic acids is 2. The third kappa shape index (κ3) is 5.40. The van der Waals surface area contributed by atoms with Gasteiger partial charge in [-0.3, -0.25) is 9.59 Å². The lowest BCUT2D eigenvalue weighted by molar-refractivity contribution is -0.147. The van der Waals surface area contributed by atoms with Crippen LogP contribution in [0.25, 0.3) is 11.3 Å². The van der Waals surface area contributed by atoms with Crippen LogP contribution in [0.5, 0.6) is 0 Å². The number of rotatable bonds is 7. The predicted molar refractivity (Wildman–Crippen MR) is 101 cm³/mol. The van der Waals surface area contributed by atoms with E-state index in [1.165, 1.54) is 12.1 Å². The van der Waals surface area contributed by atoms with Gasteiger partial charge in [-0.15, -0.1) is 0 Å². The molecule has 0 saturated heterocycles. The van der Waals surface area contributed by atoms with E-state index in [1.807, 2.05) is 30.3 Å². The van der Waals surface area contributed by atoms with Crippen LogP contribution in [-0.4, -0.2) is 23.5 Å². The molecule has 0 aliphatic heterocycles. The van der Waals surface area contributed by atoms with Gasteiger partial charge in [0.25, 0.3) is 5.91 Å². The number of aromatic nitrogens is 1. The maximum atomic E-state index is 13.6. The van der Waals surface area contributed by atoms with Gasteiger partial charge in [0.05, 0.1) is 18.3 Å². The Hall–Kier alpha value is -3.19. The molecule has 8 heteroatoms. The first kappa shape index (κ1) is 19.6. The molecule has 0 spiro atoms. The van der Waals surface area contributed by atoms with Crippen molar-refractivity contribution < 1.29 is 23.1 Å². The Bertz CT molecular complexity index is 975. The number of oxazole rings is 1. The van der Waals surface area contributed by atoms with Crippen molar-refractivity contribution in [3.63, 3.8) is 0 Å². The van der Waals surface area contributed by atoms with Gasteiger partial charge >= 0.3 is 5.97 Å². The number of halogens is 2. The number of benzene rings is 2. The van der Waals surface area contributed by atoms with Gasteiger partial charge < -0.3 is 14.5 Å². The van der Waals surface area contributed by atoms with Crippen LogP contribution in [0, 0.1) is 5.82 Å². The standard InChI is InChI=1S/C20H16ClFN2O4/c21-14-6-7-15(22)16(10-14)24-18(25)12-27-20(26)9-8-19-23-11-17(28-19)13-4-2-1-3-5-13/h1-7,10-11H,8-9,12H2,(H,24,25). The maximum absolute atomic E-state index is 13.6. The van der Waals surface area contributed by atoms with E-state index in [4.69, 9.17) is 20.8 Å². The minimum absolute atomic E-state index is 0.00640. The molecule has 144 valence electrons. The third-order valence-corrected chi connectivity index (χ3v) is 3.96. The number of nitrogens with zero attached hydrogens (tertiary/aromatic N) is 1. The monoisotopic (exact) mass is 402 g/mol. The molecule has 6 nitrogen and oxygen atoms in total. The molecular weight excluding hydrogens is 387 g/mol. The van der Waals surface area contributed by atoms with E-state index in [1.54, 1.807) is 6.20 Å². The second-order valence-corrected chi connectivity index (χ2v) is 6.25. The molecule has 2 aromatic carbocycles.